The summed E-state index contributed by atoms with van der Waals surface area (Å²) in [5.41, 5.74) is 1.35. The summed E-state index contributed by atoms with van der Waals surface area (Å²) in [6.45, 7) is 7.22. The molecule has 1 atom stereocenters. The molecule has 1 aliphatic heterocycles. The van der Waals surface area contributed by atoms with Gasteiger partial charge in [0.2, 0.25) is 0 Å². The summed E-state index contributed by atoms with van der Waals surface area (Å²) in [4.78, 5) is 16.0. The molecule has 1 saturated heterocycles. The molecule has 0 saturated carbocycles. The molecular formula is C19H33N5S. The minimum absolute atomic E-state index is 0.688. The van der Waals surface area contributed by atoms with Crippen molar-refractivity contribution < 1.29 is 0 Å². The largest absolute Gasteiger partial charge is 0.357 e. The Kier molecular flexibility index (Phi) is 6.70. The van der Waals surface area contributed by atoms with E-state index in [-0.39, 0.29) is 0 Å². The van der Waals surface area contributed by atoms with Crippen LogP contribution in [0.1, 0.15) is 48.2 Å². The number of fused-ring (bicyclic) bond motifs is 1. The number of nitrogens with one attached hydrogen (secondary N) is 1. The van der Waals surface area contributed by atoms with Gasteiger partial charge in [0.15, 0.2) is 5.96 Å². The van der Waals surface area contributed by atoms with Gasteiger partial charge in [-0.25, -0.2) is 4.98 Å². The van der Waals surface area contributed by atoms with Gasteiger partial charge >= 0.3 is 0 Å². The van der Waals surface area contributed by atoms with E-state index in [1.54, 1.807) is 0 Å². The zero-order valence-corrected chi connectivity index (χ0v) is 16.9. The van der Waals surface area contributed by atoms with Gasteiger partial charge in [-0.15, -0.1) is 11.3 Å². The van der Waals surface area contributed by atoms with Crippen molar-refractivity contribution in [2.75, 3.05) is 40.3 Å². The average Bonchev–Trinajstić information content (AvgIpc) is 3.00. The highest BCUT2D eigenvalue weighted by molar-refractivity contribution is 7.11. The van der Waals surface area contributed by atoms with Gasteiger partial charge < -0.3 is 15.1 Å². The fourth-order valence-corrected chi connectivity index (χ4v) is 5.07. The zero-order chi connectivity index (χ0) is 17.6. The Hall–Kier alpha value is -1.14. The molecule has 1 N–H and O–H groups in total. The number of rotatable bonds is 5. The number of aryl methyl sites for hydroxylation is 2. The minimum atomic E-state index is 0.688. The molecule has 1 aromatic rings. The molecule has 0 radical (unpaired) electrons. The predicted molar refractivity (Wildman–Crippen MR) is 106 cm³/mol. The van der Waals surface area contributed by atoms with Gasteiger partial charge in [0.05, 0.1) is 12.2 Å². The van der Waals surface area contributed by atoms with Crippen LogP contribution < -0.4 is 5.32 Å². The second-order valence-electron chi connectivity index (χ2n) is 7.51. The third-order valence-electron chi connectivity index (χ3n) is 5.18. The third-order valence-corrected chi connectivity index (χ3v) is 6.32. The topological polar surface area (TPSA) is 43.8 Å². The molecule has 6 heteroatoms. The number of nitrogens with zero attached hydrogens (tertiary/aromatic N) is 4. The van der Waals surface area contributed by atoms with E-state index in [4.69, 9.17) is 9.98 Å². The van der Waals surface area contributed by atoms with Crippen molar-refractivity contribution >= 4 is 17.3 Å². The average molecular weight is 364 g/mol. The van der Waals surface area contributed by atoms with E-state index in [2.05, 4.69) is 36.1 Å². The number of thiazole rings is 1. The first-order valence-electron chi connectivity index (χ1n) is 9.81. The van der Waals surface area contributed by atoms with Crippen LogP contribution in [0.25, 0.3) is 0 Å². The zero-order valence-electron chi connectivity index (χ0n) is 16.1. The Bertz CT molecular complexity index is 559. The Morgan fingerprint density at radius 1 is 1.36 bits per heavy atom. The van der Waals surface area contributed by atoms with Crippen LogP contribution in [0.4, 0.5) is 0 Å². The van der Waals surface area contributed by atoms with Gasteiger partial charge in [-0.2, -0.15) is 0 Å². The summed E-state index contributed by atoms with van der Waals surface area (Å²) < 4.78 is 0. The number of aromatic nitrogens is 1. The monoisotopic (exact) mass is 363 g/mol. The molecule has 0 aromatic carbocycles. The van der Waals surface area contributed by atoms with Gasteiger partial charge in [-0.3, -0.25) is 4.99 Å². The number of piperidine rings is 1. The smallest absolute Gasteiger partial charge is 0.194 e. The molecule has 5 nitrogen and oxygen atoms in total. The number of hydrogen-bond acceptors (Lipinski definition) is 4. The molecule has 3 rings (SSSR count). The van der Waals surface area contributed by atoms with Crippen LogP contribution in [0.2, 0.25) is 0 Å². The Morgan fingerprint density at radius 2 is 2.20 bits per heavy atom. The SMILES string of the molecule is CCNC(=NCC1CCCN(C)C1)N(C)Cc1nc2c(s1)CCCC2. The van der Waals surface area contributed by atoms with Crippen LogP contribution in [0, 0.1) is 5.92 Å². The molecule has 1 fully saturated rings. The van der Waals surface area contributed by atoms with Crippen molar-refractivity contribution in [1.29, 1.82) is 0 Å². The van der Waals surface area contributed by atoms with Crippen LogP contribution >= 0.6 is 11.3 Å². The highest BCUT2D eigenvalue weighted by Gasteiger charge is 2.19. The first-order valence-corrected chi connectivity index (χ1v) is 10.6. The number of guanidine groups is 1. The van der Waals surface area contributed by atoms with E-state index in [1.807, 2.05) is 11.3 Å². The first-order chi connectivity index (χ1) is 12.2. The van der Waals surface area contributed by atoms with Crippen LogP contribution in [-0.4, -0.2) is 61.0 Å². The van der Waals surface area contributed by atoms with Crippen molar-refractivity contribution in [3.8, 4) is 0 Å². The normalized spacial score (nSPS) is 21.9. The van der Waals surface area contributed by atoms with Crippen molar-refractivity contribution in [3.63, 3.8) is 0 Å². The van der Waals surface area contributed by atoms with Gasteiger partial charge in [-0.05, 0) is 65.0 Å². The van der Waals surface area contributed by atoms with E-state index in [0.717, 1.165) is 25.6 Å². The number of hydrogen-bond donors (Lipinski definition) is 1. The lowest BCUT2D eigenvalue weighted by Crippen LogP contribution is -2.39. The van der Waals surface area contributed by atoms with E-state index in [9.17, 15) is 0 Å². The van der Waals surface area contributed by atoms with Crippen molar-refractivity contribution in [3.05, 3.63) is 15.6 Å². The van der Waals surface area contributed by atoms with Crippen LogP contribution in [-0.2, 0) is 19.4 Å². The molecule has 0 spiro atoms. The van der Waals surface area contributed by atoms with Crippen LogP contribution in [0.15, 0.2) is 4.99 Å². The molecule has 1 aromatic heterocycles. The molecule has 1 aliphatic carbocycles. The number of likely N-dealkylation sites (tertiary alicyclic amines) is 1. The summed E-state index contributed by atoms with van der Waals surface area (Å²) in [6, 6.07) is 0. The summed E-state index contributed by atoms with van der Waals surface area (Å²) >= 11 is 1.90. The van der Waals surface area contributed by atoms with Crippen molar-refractivity contribution in [2.24, 2.45) is 10.9 Å². The quantitative estimate of drug-likeness (QED) is 0.645. The maximum atomic E-state index is 4.93. The van der Waals surface area contributed by atoms with Crippen molar-refractivity contribution in [2.45, 2.75) is 52.0 Å². The van der Waals surface area contributed by atoms with E-state index >= 15 is 0 Å². The lowest BCUT2D eigenvalue weighted by atomic mass is 9.99. The number of aliphatic imine (C=N–C) groups is 1. The maximum absolute atomic E-state index is 4.93. The van der Waals surface area contributed by atoms with E-state index < -0.39 is 0 Å². The molecular weight excluding hydrogens is 330 g/mol. The molecule has 2 heterocycles. The van der Waals surface area contributed by atoms with Crippen LogP contribution in [0.3, 0.4) is 0 Å². The van der Waals surface area contributed by atoms with E-state index in [1.165, 1.54) is 67.2 Å². The molecule has 140 valence electrons. The Balaban J connectivity index is 1.60. The summed E-state index contributed by atoms with van der Waals surface area (Å²) in [6.07, 6.45) is 7.61. The second kappa shape index (κ2) is 8.99. The highest BCUT2D eigenvalue weighted by atomic mass is 32.1. The summed E-state index contributed by atoms with van der Waals surface area (Å²) in [5.74, 6) is 1.71. The predicted octanol–water partition coefficient (Wildman–Crippen LogP) is 2.76. The third kappa shape index (κ3) is 5.17. The molecule has 0 amide bonds. The molecule has 2 aliphatic rings. The fraction of sp³-hybridized carbons (Fsp3) is 0.789. The Labute approximate surface area is 156 Å². The van der Waals surface area contributed by atoms with E-state index in [0.29, 0.717) is 5.92 Å². The van der Waals surface area contributed by atoms with Gasteiger partial charge in [0, 0.05) is 31.6 Å². The molecule has 25 heavy (non-hydrogen) atoms. The fourth-order valence-electron chi connectivity index (χ4n) is 3.86. The highest BCUT2D eigenvalue weighted by Crippen LogP contribution is 2.27. The van der Waals surface area contributed by atoms with Crippen molar-refractivity contribution in [1.82, 2.24) is 20.1 Å². The van der Waals surface area contributed by atoms with Gasteiger partial charge in [-0.1, -0.05) is 0 Å². The first kappa shape index (κ1) is 18.6. The lowest BCUT2D eigenvalue weighted by molar-refractivity contribution is 0.214. The molecule has 1 unspecified atom stereocenters. The second-order valence-corrected chi connectivity index (χ2v) is 8.67. The standard InChI is InChI=1S/C19H33N5S/c1-4-20-19(21-12-15-8-7-11-23(2)13-15)24(3)14-18-22-16-9-5-6-10-17(16)25-18/h15H,4-14H2,1-3H3,(H,20,21). The summed E-state index contributed by atoms with van der Waals surface area (Å²) in [7, 11) is 4.35. The minimum Gasteiger partial charge on any atom is -0.357 e. The van der Waals surface area contributed by atoms with Gasteiger partial charge in [0.25, 0.3) is 0 Å². The van der Waals surface area contributed by atoms with Crippen LogP contribution in [0.5, 0.6) is 0 Å². The maximum Gasteiger partial charge on any atom is 0.194 e. The summed E-state index contributed by atoms with van der Waals surface area (Å²) in [5, 5.41) is 4.69. The lowest BCUT2D eigenvalue weighted by Gasteiger charge is -2.29. The molecule has 0 bridgehead atoms. The van der Waals surface area contributed by atoms with Gasteiger partial charge in [0.1, 0.15) is 5.01 Å². The Morgan fingerprint density at radius 3 is 2.96 bits per heavy atom.